The van der Waals surface area contributed by atoms with Crippen molar-refractivity contribution < 1.29 is 0 Å². The van der Waals surface area contributed by atoms with Crippen LogP contribution in [0.4, 0.5) is 5.13 Å². The molecule has 0 aliphatic heterocycles. The van der Waals surface area contributed by atoms with Gasteiger partial charge in [-0.2, -0.15) is 9.36 Å². The number of aromatic nitrogens is 2. The van der Waals surface area contributed by atoms with Crippen LogP contribution < -0.4 is 5.32 Å². The lowest BCUT2D eigenvalue weighted by molar-refractivity contribution is 1.18. The SMILES string of the molecule is CCNc1nc(-c2cc(C)c(Br)c(C)c2)ns1. The van der Waals surface area contributed by atoms with Crippen molar-refractivity contribution in [2.24, 2.45) is 0 Å². The summed E-state index contributed by atoms with van der Waals surface area (Å²) in [4.78, 5) is 4.46. The molecule has 1 aromatic heterocycles. The van der Waals surface area contributed by atoms with Crippen LogP contribution in [0.25, 0.3) is 11.4 Å². The zero-order valence-electron chi connectivity index (χ0n) is 10.0. The van der Waals surface area contributed by atoms with E-state index in [4.69, 9.17) is 0 Å². The second kappa shape index (κ2) is 5.14. The number of hydrogen-bond acceptors (Lipinski definition) is 4. The highest BCUT2D eigenvalue weighted by Crippen LogP contribution is 2.28. The Labute approximate surface area is 114 Å². The van der Waals surface area contributed by atoms with Crippen molar-refractivity contribution in [3.8, 4) is 11.4 Å². The van der Waals surface area contributed by atoms with Gasteiger partial charge in [-0.3, -0.25) is 0 Å². The maximum atomic E-state index is 4.46. The molecule has 3 nitrogen and oxygen atoms in total. The van der Waals surface area contributed by atoms with E-state index in [0.29, 0.717) is 0 Å². The van der Waals surface area contributed by atoms with E-state index in [0.717, 1.165) is 27.5 Å². The Bertz CT molecular complexity index is 513. The number of nitrogens with one attached hydrogen (secondary N) is 1. The molecule has 0 saturated carbocycles. The third kappa shape index (κ3) is 2.66. The standard InChI is InChI=1S/C12H14BrN3S/c1-4-14-12-15-11(16-17-12)9-5-7(2)10(13)8(3)6-9/h5-6H,4H2,1-3H3,(H,14,15,16). The topological polar surface area (TPSA) is 37.8 Å². The fraction of sp³-hybridized carbons (Fsp3) is 0.333. The molecule has 1 N–H and O–H groups in total. The van der Waals surface area contributed by atoms with Crippen molar-refractivity contribution >= 4 is 32.6 Å². The van der Waals surface area contributed by atoms with Crippen LogP contribution in [0.1, 0.15) is 18.1 Å². The van der Waals surface area contributed by atoms with Gasteiger partial charge in [0, 0.05) is 28.1 Å². The Morgan fingerprint density at radius 1 is 1.29 bits per heavy atom. The molecule has 2 rings (SSSR count). The maximum Gasteiger partial charge on any atom is 0.202 e. The van der Waals surface area contributed by atoms with Crippen LogP contribution in [-0.4, -0.2) is 15.9 Å². The minimum Gasteiger partial charge on any atom is -0.361 e. The summed E-state index contributed by atoms with van der Waals surface area (Å²) in [6.45, 7) is 7.08. The maximum absolute atomic E-state index is 4.46. The first kappa shape index (κ1) is 12.5. The van der Waals surface area contributed by atoms with Crippen molar-refractivity contribution in [1.29, 1.82) is 0 Å². The summed E-state index contributed by atoms with van der Waals surface area (Å²) in [7, 11) is 0. The number of benzene rings is 1. The molecule has 1 aromatic carbocycles. The van der Waals surface area contributed by atoms with Crippen molar-refractivity contribution in [3.63, 3.8) is 0 Å². The molecule has 17 heavy (non-hydrogen) atoms. The van der Waals surface area contributed by atoms with Crippen molar-refractivity contribution in [1.82, 2.24) is 9.36 Å². The minimum absolute atomic E-state index is 0.796. The first-order valence-corrected chi connectivity index (χ1v) is 7.03. The van der Waals surface area contributed by atoms with Gasteiger partial charge in [-0.25, -0.2) is 0 Å². The van der Waals surface area contributed by atoms with E-state index in [1.54, 1.807) is 0 Å². The van der Waals surface area contributed by atoms with E-state index in [-0.39, 0.29) is 0 Å². The molecular formula is C12H14BrN3S. The molecule has 0 spiro atoms. The van der Waals surface area contributed by atoms with Crippen LogP contribution in [-0.2, 0) is 0 Å². The molecule has 0 fully saturated rings. The van der Waals surface area contributed by atoms with Crippen LogP contribution in [0.2, 0.25) is 0 Å². The van der Waals surface area contributed by atoms with Gasteiger partial charge in [0.2, 0.25) is 5.13 Å². The Balaban J connectivity index is 2.39. The van der Waals surface area contributed by atoms with Crippen LogP contribution in [0.5, 0.6) is 0 Å². The summed E-state index contributed by atoms with van der Waals surface area (Å²) >= 11 is 4.97. The smallest absolute Gasteiger partial charge is 0.202 e. The Hall–Kier alpha value is -0.940. The predicted octanol–water partition coefficient (Wildman–Crippen LogP) is 4.02. The molecule has 0 radical (unpaired) electrons. The lowest BCUT2D eigenvalue weighted by Gasteiger charge is -2.05. The number of rotatable bonds is 3. The Morgan fingerprint density at radius 3 is 2.53 bits per heavy atom. The van der Waals surface area contributed by atoms with Crippen LogP contribution in [0.3, 0.4) is 0 Å². The summed E-state index contributed by atoms with van der Waals surface area (Å²) < 4.78 is 5.53. The molecule has 90 valence electrons. The normalized spacial score (nSPS) is 10.6. The second-order valence-electron chi connectivity index (χ2n) is 3.88. The van der Waals surface area contributed by atoms with Gasteiger partial charge in [-0.05, 0) is 44.0 Å². The highest BCUT2D eigenvalue weighted by Gasteiger charge is 2.09. The molecule has 0 bridgehead atoms. The summed E-state index contributed by atoms with van der Waals surface area (Å²) in [5.41, 5.74) is 3.49. The number of aryl methyl sites for hydroxylation is 2. The molecule has 0 amide bonds. The van der Waals surface area contributed by atoms with Gasteiger partial charge in [0.15, 0.2) is 5.82 Å². The van der Waals surface area contributed by atoms with E-state index >= 15 is 0 Å². The quantitative estimate of drug-likeness (QED) is 0.930. The van der Waals surface area contributed by atoms with Gasteiger partial charge < -0.3 is 5.32 Å². The fourth-order valence-corrected chi connectivity index (χ4v) is 2.52. The monoisotopic (exact) mass is 311 g/mol. The van der Waals surface area contributed by atoms with Gasteiger partial charge in [0.1, 0.15) is 0 Å². The van der Waals surface area contributed by atoms with Gasteiger partial charge in [-0.15, -0.1) is 0 Å². The zero-order chi connectivity index (χ0) is 12.4. The van der Waals surface area contributed by atoms with E-state index < -0.39 is 0 Å². The zero-order valence-corrected chi connectivity index (χ0v) is 12.4. The molecule has 0 atom stereocenters. The predicted molar refractivity (Wildman–Crippen MR) is 76.7 cm³/mol. The molecule has 5 heteroatoms. The Morgan fingerprint density at radius 2 is 1.94 bits per heavy atom. The lowest BCUT2D eigenvalue weighted by atomic mass is 10.1. The number of anilines is 1. The largest absolute Gasteiger partial charge is 0.361 e. The van der Waals surface area contributed by atoms with E-state index in [2.05, 4.69) is 63.5 Å². The van der Waals surface area contributed by atoms with Gasteiger partial charge in [0.05, 0.1) is 0 Å². The van der Waals surface area contributed by atoms with E-state index in [9.17, 15) is 0 Å². The average Bonchev–Trinajstić information content (AvgIpc) is 2.74. The lowest BCUT2D eigenvalue weighted by Crippen LogP contribution is -1.95. The van der Waals surface area contributed by atoms with Crippen LogP contribution >= 0.6 is 27.5 Å². The molecule has 2 aromatic rings. The van der Waals surface area contributed by atoms with Crippen LogP contribution in [0.15, 0.2) is 16.6 Å². The summed E-state index contributed by atoms with van der Waals surface area (Å²) in [6.07, 6.45) is 0. The summed E-state index contributed by atoms with van der Waals surface area (Å²) in [5.74, 6) is 0.796. The third-order valence-electron chi connectivity index (χ3n) is 2.45. The third-order valence-corrected chi connectivity index (χ3v) is 4.37. The highest BCUT2D eigenvalue weighted by molar-refractivity contribution is 9.10. The minimum atomic E-state index is 0.796. The van der Waals surface area contributed by atoms with E-state index in [1.165, 1.54) is 22.7 Å². The number of hydrogen-bond donors (Lipinski definition) is 1. The van der Waals surface area contributed by atoms with Gasteiger partial charge in [0.25, 0.3) is 0 Å². The van der Waals surface area contributed by atoms with Crippen molar-refractivity contribution in [2.75, 3.05) is 11.9 Å². The first-order chi connectivity index (χ1) is 8.11. The average molecular weight is 312 g/mol. The molecular weight excluding hydrogens is 298 g/mol. The van der Waals surface area contributed by atoms with Gasteiger partial charge in [-0.1, -0.05) is 15.9 Å². The van der Waals surface area contributed by atoms with Crippen LogP contribution in [0, 0.1) is 13.8 Å². The molecule has 0 aliphatic carbocycles. The summed E-state index contributed by atoms with van der Waals surface area (Å²) in [5, 5.41) is 4.05. The summed E-state index contributed by atoms with van der Waals surface area (Å²) in [6, 6.07) is 4.21. The molecule has 0 aliphatic rings. The Kier molecular flexibility index (Phi) is 3.79. The highest BCUT2D eigenvalue weighted by atomic mass is 79.9. The van der Waals surface area contributed by atoms with Crippen molar-refractivity contribution in [3.05, 3.63) is 27.7 Å². The van der Waals surface area contributed by atoms with Crippen molar-refractivity contribution in [2.45, 2.75) is 20.8 Å². The number of halogens is 1. The fourth-order valence-electron chi connectivity index (χ4n) is 1.64. The molecule has 0 unspecified atom stereocenters. The number of nitrogens with zero attached hydrogens (tertiary/aromatic N) is 2. The second-order valence-corrected chi connectivity index (χ2v) is 5.42. The molecule has 1 heterocycles. The first-order valence-electron chi connectivity index (χ1n) is 5.46. The van der Waals surface area contributed by atoms with Gasteiger partial charge >= 0.3 is 0 Å². The molecule has 0 saturated heterocycles. The van der Waals surface area contributed by atoms with E-state index in [1.807, 2.05) is 0 Å².